The smallest absolute Gasteiger partial charge is 0.408 e. The Hall–Kier alpha value is -3.43. The largest absolute Gasteiger partial charge is 0.497 e. The number of unbranched alkanes of at least 4 members (excludes halogenated alkanes) is 2. The summed E-state index contributed by atoms with van der Waals surface area (Å²) in [5.41, 5.74) is 1.39. The molecule has 2 heterocycles. The van der Waals surface area contributed by atoms with Crippen molar-refractivity contribution in [1.29, 1.82) is 0 Å². The molecule has 45 heavy (non-hydrogen) atoms. The summed E-state index contributed by atoms with van der Waals surface area (Å²) in [7, 11) is 1.59. The van der Waals surface area contributed by atoms with Gasteiger partial charge in [0.15, 0.2) is 5.78 Å². The predicted molar refractivity (Wildman–Crippen MR) is 171 cm³/mol. The molecule has 2 N–H and O–H groups in total. The lowest BCUT2D eigenvalue weighted by molar-refractivity contribution is -0.141. The van der Waals surface area contributed by atoms with Crippen LogP contribution in [0, 0.1) is 29.1 Å². The Balaban J connectivity index is 1.13. The fraction of sp³-hybridized carbons (Fsp3) is 0.686. The summed E-state index contributed by atoms with van der Waals surface area (Å²) >= 11 is 0. The van der Waals surface area contributed by atoms with Crippen molar-refractivity contribution in [3.63, 3.8) is 0 Å². The minimum atomic E-state index is -0.783. The number of ketones is 1. The highest BCUT2D eigenvalue weighted by Gasteiger charge is 2.54. The van der Waals surface area contributed by atoms with Gasteiger partial charge in [-0.2, -0.15) is 0 Å². The zero-order chi connectivity index (χ0) is 32.5. The van der Waals surface area contributed by atoms with E-state index in [0.29, 0.717) is 47.7 Å². The van der Waals surface area contributed by atoms with E-state index in [1.54, 1.807) is 25.0 Å². The van der Waals surface area contributed by atoms with Crippen molar-refractivity contribution in [1.82, 2.24) is 20.2 Å². The second-order valence-corrected chi connectivity index (χ2v) is 14.5. The van der Waals surface area contributed by atoms with E-state index in [0.717, 1.165) is 56.9 Å². The minimum Gasteiger partial charge on any atom is -0.497 e. The van der Waals surface area contributed by atoms with E-state index in [1.807, 2.05) is 32.9 Å². The van der Waals surface area contributed by atoms with Crippen LogP contribution in [0.15, 0.2) is 18.2 Å². The molecule has 6 rings (SSSR count). The van der Waals surface area contributed by atoms with Gasteiger partial charge in [0.25, 0.3) is 0 Å². The van der Waals surface area contributed by atoms with Crippen LogP contribution in [0.4, 0.5) is 4.79 Å². The van der Waals surface area contributed by atoms with Crippen LogP contribution in [0.1, 0.15) is 91.7 Å². The summed E-state index contributed by atoms with van der Waals surface area (Å²) in [5, 5.41) is 13.3. The van der Waals surface area contributed by atoms with Gasteiger partial charge in [0.05, 0.1) is 24.2 Å². The molecule has 1 aromatic carbocycles. The first kappa shape index (κ1) is 32.9. The Kier molecular flexibility index (Phi) is 9.89. The molecule has 1 aliphatic heterocycles. The highest BCUT2D eigenvalue weighted by atomic mass is 16.6. The zero-order valence-corrected chi connectivity index (χ0v) is 27.7. The average molecular weight is 623 g/mol. The monoisotopic (exact) mass is 622 g/mol. The number of carbonyl (C=O) groups excluding carboxylic acids is 3. The molecule has 10 nitrogen and oxygen atoms in total. The molecule has 4 aliphatic rings. The number of likely N-dealkylation sites (tertiary alicyclic amines) is 1. The molecule has 0 spiro atoms. The van der Waals surface area contributed by atoms with Crippen LogP contribution >= 0.6 is 0 Å². The van der Waals surface area contributed by atoms with Crippen LogP contribution in [0.3, 0.4) is 0 Å². The topological polar surface area (TPSA) is 131 Å². The van der Waals surface area contributed by atoms with Gasteiger partial charge in [-0.1, -0.05) is 47.0 Å². The fourth-order valence-electron chi connectivity index (χ4n) is 7.91. The Morgan fingerprint density at radius 3 is 2.51 bits per heavy atom. The number of aromatic hydroxyl groups is 1. The van der Waals surface area contributed by atoms with E-state index < -0.39 is 23.6 Å². The Labute approximate surface area is 266 Å². The molecular formula is C35H50N4O6. The number of hydrogen-bond acceptors (Lipinski definition) is 8. The van der Waals surface area contributed by atoms with Gasteiger partial charge in [-0.15, -0.1) is 0 Å². The summed E-state index contributed by atoms with van der Waals surface area (Å²) in [6, 6.07) is 4.23. The summed E-state index contributed by atoms with van der Waals surface area (Å²) in [6.07, 6.45) is 7.59. The fourth-order valence-corrected chi connectivity index (χ4v) is 7.91. The maximum atomic E-state index is 13.8. The number of nitrogens with zero attached hydrogens (tertiary/aromatic N) is 3. The summed E-state index contributed by atoms with van der Waals surface area (Å²) in [6.45, 7) is 9.93. The van der Waals surface area contributed by atoms with E-state index in [4.69, 9.17) is 9.47 Å². The Morgan fingerprint density at radius 2 is 1.84 bits per heavy atom. The van der Waals surface area contributed by atoms with Gasteiger partial charge >= 0.3 is 6.09 Å². The van der Waals surface area contributed by atoms with E-state index in [-0.39, 0.29) is 29.6 Å². The lowest BCUT2D eigenvalue weighted by Gasteiger charge is -2.36. The number of methoxy groups -OCH3 is 1. The van der Waals surface area contributed by atoms with Crippen molar-refractivity contribution < 1.29 is 29.0 Å². The number of aromatic nitrogens is 2. The van der Waals surface area contributed by atoms with Crippen molar-refractivity contribution >= 4 is 28.8 Å². The number of amides is 2. The van der Waals surface area contributed by atoms with Crippen LogP contribution < -0.4 is 10.1 Å². The van der Waals surface area contributed by atoms with E-state index in [1.165, 1.54) is 0 Å². The van der Waals surface area contributed by atoms with Crippen LogP contribution in [0.25, 0.3) is 11.0 Å². The quantitative estimate of drug-likeness (QED) is 0.283. The first-order chi connectivity index (χ1) is 21.4. The van der Waals surface area contributed by atoms with Crippen molar-refractivity contribution in [3.8, 4) is 11.6 Å². The minimum absolute atomic E-state index is 0.000419. The second-order valence-electron chi connectivity index (χ2n) is 14.5. The van der Waals surface area contributed by atoms with Gasteiger partial charge in [-0.05, 0) is 86.7 Å². The third-order valence-electron chi connectivity index (χ3n) is 10.4. The number of hydrogen-bond donors (Lipinski definition) is 2. The summed E-state index contributed by atoms with van der Waals surface area (Å²) in [5.74, 6) is 1.86. The van der Waals surface area contributed by atoms with E-state index in [9.17, 15) is 19.5 Å². The normalized spacial score (nSPS) is 26.4. The van der Waals surface area contributed by atoms with Gasteiger partial charge < -0.3 is 24.8 Å². The number of Topliss-reactive ketones (excluding diaryl/α,β-unsaturated/α-hetero) is 1. The van der Waals surface area contributed by atoms with Crippen LogP contribution in [0.2, 0.25) is 0 Å². The van der Waals surface area contributed by atoms with Gasteiger partial charge in [0.2, 0.25) is 11.8 Å². The number of carbonyl (C=O) groups is 3. The lowest BCUT2D eigenvalue weighted by atomic mass is 9.81. The summed E-state index contributed by atoms with van der Waals surface area (Å²) in [4.78, 5) is 50.2. The van der Waals surface area contributed by atoms with Crippen molar-refractivity contribution in [2.75, 3.05) is 13.7 Å². The van der Waals surface area contributed by atoms with Crippen LogP contribution in [0.5, 0.6) is 11.6 Å². The molecule has 10 heteroatoms. The van der Waals surface area contributed by atoms with Gasteiger partial charge in [0, 0.05) is 12.6 Å². The number of ether oxygens (including phenoxy) is 2. The number of aryl methyl sites for hydroxylation is 1. The predicted octanol–water partition coefficient (Wildman–Crippen LogP) is 5.83. The van der Waals surface area contributed by atoms with Crippen molar-refractivity contribution in [2.24, 2.45) is 29.1 Å². The van der Waals surface area contributed by atoms with Crippen molar-refractivity contribution in [2.45, 2.75) is 111 Å². The number of nitrogens with one attached hydrogen (secondary N) is 1. The highest BCUT2D eigenvalue weighted by molar-refractivity contribution is 5.92. The van der Waals surface area contributed by atoms with Crippen molar-refractivity contribution in [3.05, 3.63) is 23.9 Å². The maximum absolute atomic E-state index is 13.8. The molecule has 4 fully saturated rings. The molecule has 1 aromatic heterocycles. The zero-order valence-electron chi connectivity index (χ0n) is 27.7. The Morgan fingerprint density at radius 1 is 1.09 bits per heavy atom. The maximum Gasteiger partial charge on any atom is 0.408 e. The van der Waals surface area contributed by atoms with Gasteiger partial charge in [-0.25, -0.2) is 14.8 Å². The lowest BCUT2D eigenvalue weighted by Crippen LogP contribution is -2.57. The molecule has 3 saturated carbocycles. The molecule has 2 amide bonds. The first-order valence-electron chi connectivity index (χ1n) is 16.7. The molecule has 1 unspecified atom stereocenters. The SMILES string of the molecule is CC[C@@H]1CCN(C(=O)[C@@H](NC(=O)OC2[C@H]3C[C@H](C3)[C@H]2CCCCCc2nc3ccc(OC)cc3nc2O)C(C)(C)C)[C@@H]1C(C)=O. The molecule has 2 aromatic rings. The molecular weight excluding hydrogens is 572 g/mol. The molecule has 246 valence electrons. The third-order valence-corrected chi connectivity index (χ3v) is 10.4. The highest BCUT2D eigenvalue weighted by Crippen LogP contribution is 2.55. The second kappa shape index (κ2) is 13.5. The molecule has 0 radical (unpaired) electrons. The number of alkyl carbamates (subject to hydrolysis) is 1. The van der Waals surface area contributed by atoms with E-state index in [2.05, 4.69) is 22.2 Å². The standard InChI is InChI=1S/C35H50N4O6/c1-7-21-15-16-39(29(21)20(2)40)33(42)31(35(3,4)5)38-34(43)45-30-23-17-22(18-23)25(30)11-9-8-10-12-27-32(41)37-28-19-24(44-6)13-14-26(28)36-27/h13-14,19,21-23,25,29-31H,7-12,15-18H2,1-6H3,(H,37,41)(H,38,43)/t21-,22-,23+,25-,29-,30?,31-/m1/s1. The first-order valence-corrected chi connectivity index (χ1v) is 16.7. The van der Waals surface area contributed by atoms with Crippen LogP contribution in [-0.4, -0.2) is 69.6 Å². The molecule has 1 saturated heterocycles. The molecule has 2 bridgehead atoms. The molecule has 5 atom stereocenters. The van der Waals surface area contributed by atoms with E-state index >= 15 is 0 Å². The number of rotatable bonds is 12. The van der Waals surface area contributed by atoms with Gasteiger partial charge in [0.1, 0.15) is 23.6 Å². The average Bonchev–Trinajstić information content (AvgIpc) is 3.64. The molecule has 3 aliphatic carbocycles. The third kappa shape index (κ3) is 7.04. The summed E-state index contributed by atoms with van der Waals surface area (Å²) < 4.78 is 11.3. The number of fused-ring (bicyclic) bond motifs is 2. The van der Waals surface area contributed by atoms with Gasteiger partial charge in [-0.3, -0.25) is 9.59 Å². The number of benzene rings is 1. The van der Waals surface area contributed by atoms with Crippen LogP contribution in [-0.2, 0) is 20.7 Å². The Bertz CT molecular complexity index is 1400.